The number of anilines is 1. The SMILES string of the molecule is Cc1cc2c(N[C@@H]3CC[C@H](NC(=O)OC(C)(C)C)C3)c(C(N)=Nc3c(F)cccc3Cl)cnn2c1. The number of carbonyl (C=O) groups is 1. The number of para-hydroxylation sites is 1. The molecule has 1 aliphatic rings. The van der Waals surface area contributed by atoms with E-state index in [4.69, 9.17) is 22.1 Å². The molecule has 3 aromatic rings. The number of amides is 1. The van der Waals surface area contributed by atoms with Crippen LogP contribution in [-0.4, -0.2) is 39.2 Å². The monoisotopic (exact) mass is 500 g/mol. The zero-order chi connectivity index (χ0) is 25.3. The average molecular weight is 501 g/mol. The van der Waals surface area contributed by atoms with Crippen LogP contribution in [0.2, 0.25) is 5.02 Å². The number of amidine groups is 1. The standard InChI is InChI=1S/C25H30ClFN6O2/c1-14-10-20-21(30-15-8-9-16(11-15)31-24(34)35-25(2,3)4)17(12-29-33(20)13-14)23(28)32-22-18(26)6-5-7-19(22)27/h5-7,10,12-13,15-16,30H,8-9,11H2,1-4H3,(H2,28,32)(H,31,34)/t15-,16+/m1/s1. The highest BCUT2D eigenvalue weighted by atomic mass is 35.5. The van der Waals surface area contributed by atoms with Gasteiger partial charge in [0.15, 0.2) is 0 Å². The van der Waals surface area contributed by atoms with Gasteiger partial charge in [0.05, 0.1) is 28.0 Å². The summed E-state index contributed by atoms with van der Waals surface area (Å²) in [4.78, 5) is 16.5. The van der Waals surface area contributed by atoms with Gasteiger partial charge in [0, 0.05) is 18.3 Å². The summed E-state index contributed by atoms with van der Waals surface area (Å²) in [6, 6.07) is 6.40. The first kappa shape index (κ1) is 24.8. The number of carbonyl (C=O) groups excluding carboxylic acids is 1. The van der Waals surface area contributed by atoms with Gasteiger partial charge < -0.3 is 21.1 Å². The lowest BCUT2D eigenvalue weighted by Crippen LogP contribution is -2.38. The van der Waals surface area contributed by atoms with Crippen LogP contribution in [0.5, 0.6) is 0 Å². The van der Waals surface area contributed by atoms with Gasteiger partial charge in [-0.3, -0.25) is 0 Å². The number of rotatable bonds is 5. The Morgan fingerprint density at radius 1 is 1.31 bits per heavy atom. The molecule has 1 aliphatic carbocycles. The molecule has 1 saturated carbocycles. The number of hydrogen-bond acceptors (Lipinski definition) is 5. The van der Waals surface area contributed by atoms with Gasteiger partial charge in [-0.15, -0.1) is 0 Å². The van der Waals surface area contributed by atoms with Crippen molar-refractivity contribution in [3.8, 4) is 0 Å². The molecule has 1 aromatic carbocycles. The Labute approximate surface area is 208 Å². The highest BCUT2D eigenvalue weighted by molar-refractivity contribution is 6.33. The molecule has 35 heavy (non-hydrogen) atoms. The number of nitrogens with one attached hydrogen (secondary N) is 2. The Bertz CT molecular complexity index is 1260. The van der Waals surface area contributed by atoms with Gasteiger partial charge >= 0.3 is 6.09 Å². The normalized spacial score (nSPS) is 18.6. The maximum Gasteiger partial charge on any atom is 0.407 e. The van der Waals surface area contributed by atoms with Crippen molar-refractivity contribution in [3.63, 3.8) is 0 Å². The number of fused-ring (bicyclic) bond motifs is 1. The number of aliphatic imine (C=N–C) groups is 1. The summed E-state index contributed by atoms with van der Waals surface area (Å²) in [6.07, 6.45) is 5.45. The smallest absolute Gasteiger partial charge is 0.407 e. The number of nitrogens with zero attached hydrogens (tertiary/aromatic N) is 3. The van der Waals surface area contributed by atoms with Crippen LogP contribution in [-0.2, 0) is 4.74 Å². The van der Waals surface area contributed by atoms with Gasteiger partial charge in [0.25, 0.3) is 0 Å². The number of nitrogens with two attached hydrogens (primary N) is 1. The van der Waals surface area contributed by atoms with Crippen molar-refractivity contribution in [2.75, 3.05) is 5.32 Å². The molecule has 2 heterocycles. The summed E-state index contributed by atoms with van der Waals surface area (Å²) in [5, 5.41) is 11.1. The van der Waals surface area contributed by atoms with E-state index in [0.29, 0.717) is 12.0 Å². The molecule has 4 N–H and O–H groups in total. The van der Waals surface area contributed by atoms with E-state index in [1.165, 1.54) is 12.1 Å². The minimum absolute atomic E-state index is 0.0135. The van der Waals surface area contributed by atoms with Gasteiger partial charge in [0.1, 0.15) is 22.9 Å². The van der Waals surface area contributed by atoms with E-state index in [1.54, 1.807) is 16.8 Å². The fraction of sp³-hybridized carbons (Fsp3) is 0.400. The first-order valence-electron chi connectivity index (χ1n) is 11.5. The second kappa shape index (κ2) is 9.73. The van der Waals surface area contributed by atoms with Crippen LogP contribution in [0.3, 0.4) is 0 Å². The van der Waals surface area contributed by atoms with E-state index in [-0.39, 0.29) is 28.6 Å². The Kier molecular flexibility index (Phi) is 6.89. The predicted molar refractivity (Wildman–Crippen MR) is 136 cm³/mol. The van der Waals surface area contributed by atoms with Crippen LogP contribution in [0.15, 0.2) is 41.7 Å². The molecule has 2 atom stereocenters. The first-order valence-corrected chi connectivity index (χ1v) is 11.9. The van der Waals surface area contributed by atoms with Gasteiger partial charge in [-0.25, -0.2) is 18.7 Å². The second-order valence-electron chi connectivity index (χ2n) is 9.85. The molecule has 0 spiro atoms. The zero-order valence-corrected chi connectivity index (χ0v) is 21.0. The Hall–Kier alpha value is -3.33. The van der Waals surface area contributed by atoms with Crippen molar-refractivity contribution in [2.24, 2.45) is 10.7 Å². The molecular weight excluding hydrogens is 471 g/mol. The van der Waals surface area contributed by atoms with Gasteiger partial charge in [-0.1, -0.05) is 17.7 Å². The highest BCUT2D eigenvalue weighted by Gasteiger charge is 2.29. The lowest BCUT2D eigenvalue weighted by Gasteiger charge is -2.22. The fourth-order valence-corrected chi connectivity index (χ4v) is 4.44. The topological polar surface area (TPSA) is 106 Å². The van der Waals surface area contributed by atoms with Crippen LogP contribution < -0.4 is 16.4 Å². The summed E-state index contributed by atoms with van der Waals surface area (Å²) < 4.78 is 21.5. The van der Waals surface area contributed by atoms with E-state index in [0.717, 1.165) is 29.6 Å². The Morgan fingerprint density at radius 2 is 2.06 bits per heavy atom. The third kappa shape index (κ3) is 5.85. The third-order valence-corrected chi connectivity index (χ3v) is 6.03. The van der Waals surface area contributed by atoms with Crippen molar-refractivity contribution in [2.45, 2.75) is 64.6 Å². The summed E-state index contributed by atoms with van der Waals surface area (Å²) >= 11 is 6.15. The molecule has 0 aliphatic heterocycles. The number of benzene rings is 1. The van der Waals surface area contributed by atoms with Crippen LogP contribution in [0.25, 0.3) is 5.52 Å². The quantitative estimate of drug-likeness (QED) is 0.324. The summed E-state index contributed by atoms with van der Waals surface area (Å²) in [5.74, 6) is -0.468. The number of aromatic nitrogens is 2. The summed E-state index contributed by atoms with van der Waals surface area (Å²) in [7, 11) is 0. The van der Waals surface area contributed by atoms with Crippen LogP contribution in [0.4, 0.5) is 20.6 Å². The zero-order valence-electron chi connectivity index (χ0n) is 20.2. The van der Waals surface area contributed by atoms with Crippen LogP contribution in [0, 0.1) is 12.7 Å². The van der Waals surface area contributed by atoms with Crippen molar-refractivity contribution in [1.82, 2.24) is 14.9 Å². The molecule has 0 bridgehead atoms. The largest absolute Gasteiger partial charge is 0.444 e. The minimum atomic E-state index is -0.561. The second-order valence-corrected chi connectivity index (χ2v) is 10.3. The van der Waals surface area contributed by atoms with Gasteiger partial charge in [-0.05, 0) is 70.7 Å². The maximum absolute atomic E-state index is 14.3. The molecule has 4 rings (SSSR count). The Balaban J connectivity index is 1.61. The van der Waals surface area contributed by atoms with E-state index < -0.39 is 17.5 Å². The van der Waals surface area contributed by atoms with E-state index >= 15 is 0 Å². The van der Waals surface area contributed by atoms with Gasteiger partial charge in [0.2, 0.25) is 0 Å². The molecular formula is C25H30ClFN6O2. The number of ether oxygens (including phenoxy) is 1. The predicted octanol–water partition coefficient (Wildman–Crippen LogP) is 5.33. The van der Waals surface area contributed by atoms with Crippen molar-refractivity contribution in [1.29, 1.82) is 0 Å². The van der Waals surface area contributed by atoms with E-state index in [1.807, 2.05) is 40.0 Å². The molecule has 1 amide bonds. The molecule has 2 aromatic heterocycles. The molecule has 1 fully saturated rings. The van der Waals surface area contributed by atoms with E-state index in [2.05, 4.69) is 20.7 Å². The van der Waals surface area contributed by atoms with Crippen LogP contribution in [0.1, 0.15) is 51.2 Å². The number of alkyl carbamates (subject to hydrolysis) is 1. The number of halogens is 2. The van der Waals surface area contributed by atoms with Crippen LogP contribution >= 0.6 is 11.6 Å². The number of aryl methyl sites for hydroxylation is 1. The Morgan fingerprint density at radius 3 is 2.77 bits per heavy atom. The average Bonchev–Trinajstić information content (AvgIpc) is 3.35. The third-order valence-electron chi connectivity index (χ3n) is 5.72. The fourth-order valence-electron chi connectivity index (χ4n) is 4.23. The molecule has 0 radical (unpaired) electrons. The molecule has 0 saturated heterocycles. The van der Waals surface area contributed by atoms with E-state index in [9.17, 15) is 9.18 Å². The molecule has 10 heteroatoms. The van der Waals surface area contributed by atoms with Crippen molar-refractivity contribution < 1.29 is 13.9 Å². The highest BCUT2D eigenvalue weighted by Crippen LogP contribution is 2.32. The van der Waals surface area contributed by atoms with Crippen molar-refractivity contribution >= 4 is 40.4 Å². The number of hydrogen-bond donors (Lipinski definition) is 3. The maximum atomic E-state index is 14.3. The summed E-state index contributed by atoms with van der Waals surface area (Å²) in [6.45, 7) is 7.48. The lowest BCUT2D eigenvalue weighted by molar-refractivity contribution is 0.0505. The molecule has 8 nitrogen and oxygen atoms in total. The minimum Gasteiger partial charge on any atom is -0.444 e. The van der Waals surface area contributed by atoms with Crippen molar-refractivity contribution in [3.05, 3.63) is 58.6 Å². The molecule has 0 unspecified atom stereocenters. The summed E-state index contributed by atoms with van der Waals surface area (Å²) in [5.41, 5.74) is 8.91. The molecule has 186 valence electrons. The lowest BCUT2D eigenvalue weighted by atomic mass is 10.1. The van der Waals surface area contributed by atoms with Gasteiger partial charge in [-0.2, -0.15) is 5.10 Å². The first-order chi connectivity index (χ1) is 16.5.